The van der Waals surface area contributed by atoms with Crippen LogP contribution in [0.3, 0.4) is 0 Å². The van der Waals surface area contributed by atoms with Crippen LogP contribution in [-0.2, 0) is 0 Å². The summed E-state index contributed by atoms with van der Waals surface area (Å²) in [6.45, 7) is 3.24. The van der Waals surface area contributed by atoms with Crippen molar-refractivity contribution in [2.45, 2.75) is 26.0 Å². The van der Waals surface area contributed by atoms with Crippen LogP contribution in [-0.4, -0.2) is 22.9 Å². The van der Waals surface area contributed by atoms with Gasteiger partial charge in [-0.25, -0.2) is 0 Å². The number of hydrogen-bond acceptors (Lipinski definition) is 4. The van der Waals surface area contributed by atoms with Crippen LogP contribution >= 0.6 is 23.2 Å². The van der Waals surface area contributed by atoms with Gasteiger partial charge in [0.25, 0.3) is 5.91 Å². The maximum atomic E-state index is 12.7. The lowest BCUT2D eigenvalue weighted by atomic mass is 9.68. The van der Waals surface area contributed by atoms with E-state index in [0.29, 0.717) is 21.7 Å². The van der Waals surface area contributed by atoms with Crippen molar-refractivity contribution in [1.29, 1.82) is 5.26 Å². The molecule has 0 aliphatic heterocycles. The fourth-order valence-electron chi connectivity index (χ4n) is 3.21. The first-order chi connectivity index (χ1) is 12.7. The molecule has 0 fully saturated rings. The van der Waals surface area contributed by atoms with E-state index in [1.54, 1.807) is 26.0 Å². The van der Waals surface area contributed by atoms with E-state index in [1.165, 1.54) is 24.3 Å². The number of carbonyl (C=O) groups excluding carboxylic acids is 2. The second kappa shape index (κ2) is 6.97. The van der Waals surface area contributed by atoms with E-state index in [9.17, 15) is 14.7 Å². The molecule has 0 radical (unpaired) electrons. The SMILES string of the molecule is CC1(C)C(=O)c2ccc(C#N)cc2[C@@H](NC(=O)c2ccc(Cl)cc2Cl)[C@@H]1O. The van der Waals surface area contributed by atoms with Crippen LogP contribution in [0.2, 0.25) is 10.0 Å². The summed E-state index contributed by atoms with van der Waals surface area (Å²) in [5.41, 5.74) is 0.197. The number of Topliss-reactive ketones (excluding diaryl/α,β-unsaturated/α-hetero) is 1. The minimum Gasteiger partial charge on any atom is -0.390 e. The van der Waals surface area contributed by atoms with E-state index in [1.807, 2.05) is 6.07 Å². The molecule has 0 unspecified atom stereocenters. The Morgan fingerprint density at radius 1 is 1.22 bits per heavy atom. The van der Waals surface area contributed by atoms with Gasteiger partial charge in [0.1, 0.15) is 0 Å². The van der Waals surface area contributed by atoms with Crippen LogP contribution in [0, 0.1) is 16.7 Å². The first-order valence-electron chi connectivity index (χ1n) is 8.19. The highest BCUT2D eigenvalue weighted by Gasteiger charge is 2.47. The Bertz CT molecular complexity index is 995. The third-order valence-electron chi connectivity index (χ3n) is 4.86. The zero-order valence-corrected chi connectivity index (χ0v) is 16.1. The van der Waals surface area contributed by atoms with Crippen LogP contribution in [0.25, 0.3) is 0 Å². The highest BCUT2D eigenvalue weighted by molar-refractivity contribution is 6.36. The smallest absolute Gasteiger partial charge is 0.253 e. The van der Waals surface area contributed by atoms with Crippen LogP contribution in [0.5, 0.6) is 0 Å². The van der Waals surface area contributed by atoms with Gasteiger partial charge in [-0.1, -0.05) is 23.2 Å². The molecule has 7 heteroatoms. The average Bonchev–Trinajstić information content (AvgIpc) is 2.63. The standard InChI is InChI=1S/C20H16Cl2N2O3/c1-20(2)17(25)12-5-3-10(9-23)7-14(12)16(18(20)26)24-19(27)13-6-4-11(21)8-15(13)22/h3-8,16,18,26H,1-2H3,(H,24,27)/t16-,18+/m1/s1. The van der Waals surface area contributed by atoms with Crippen molar-refractivity contribution in [3.8, 4) is 6.07 Å². The fraction of sp³-hybridized carbons (Fsp3) is 0.250. The van der Waals surface area contributed by atoms with Gasteiger partial charge in [0.2, 0.25) is 0 Å². The van der Waals surface area contributed by atoms with Crippen molar-refractivity contribution < 1.29 is 14.7 Å². The molecule has 138 valence electrons. The van der Waals surface area contributed by atoms with Gasteiger partial charge in [0, 0.05) is 10.6 Å². The molecule has 0 saturated heterocycles. The maximum Gasteiger partial charge on any atom is 0.253 e. The van der Waals surface area contributed by atoms with Gasteiger partial charge in [-0.15, -0.1) is 0 Å². The van der Waals surface area contributed by atoms with E-state index < -0.39 is 23.5 Å². The minimum atomic E-state index is -1.18. The summed E-state index contributed by atoms with van der Waals surface area (Å²) < 4.78 is 0. The van der Waals surface area contributed by atoms with E-state index in [0.717, 1.165) is 0 Å². The molecule has 0 bridgehead atoms. The number of hydrogen-bond donors (Lipinski definition) is 2. The number of carbonyl (C=O) groups is 2. The molecule has 2 aromatic rings. The molecular weight excluding hydrogens is 387 g/mol. The molecule has 1 aliphatic rings. The van der Waals surface area contributed by atoms with Crippen molar-refractivity contribution in [2.75, 3.05) is 0 Å². The minimum absolute atomic E-state index is 0.173. The molecule has 0 spiro atoms. The number of halogens is 2. The van der Waals surface area contributed by atoms with Crippen LogP contribution in [0.1, 0.15) is 51.7 Å². The van der Waals surface area contributed by atoms with E-state index in [-0.39, 0.29) is 16.4 Å². The van der Waals surface area contributed by atoms with E-state index >= 15 is 0 Å². The predicted molar refractivity (Wildman–Crippen MR) is 102 cm³/mol. The lowest BCUT2D eigenvalue weighted by molar-refractivity contribution is 0.0129. The molecule has 2 N–H and O–H groups in total. The van der Waals surface area contributed by atoms with Gasteiger partial charge in [0.05, 0.1) is 39.8 Å². The van der Waals surface area contributed by atoms with Crippen molar-refractivity contribution in [1.82, 2.24) is 5.32 Å². The number of nitriles is 1. The molecule has 2 atom stereocenters. The average molecular weight is 403 g/mol. The topological polar surface area (TPSA) is 90.2 Å². The number of fused-ring (bicyclic) bond motifs is 1. The summed E-state index contributed by atoms with van der Waals surface area (Å²) in [4.78, 5) is 25.5. The predicted octanol–water partition coefficient (Wildman–Crippen LogP) is 3.92. The van der Waals surface area contributed by atoms with E-state index in [2.05, 4.69) is 5.32 Å². The Morgan fingerprint density at radius 3 is 2.56 bits per heavy atom. The normalized spacial score (nSPS) is 20.5. The van der Waals surface area contributed by atoms with Crippen molar-refractivity contribution >= 4 is 34.9 Å². The number of nitrogens with one attached hydrogen (secondary N) is 1. The van der Waals surface area contributed by atoms with Crippen molar-refractivity contribution in [2.24, 2.45) is 5.41 Å². The summed E-state index contributed by atoms with van der Waals surface area (Å²) in [7, 11) is 0. The third kappa shape index (κ3) is 3.32. The van der Waals surface area contributed by atoms with Crippen LogP contribution in [0.15, 0.2) is 36.4 Å². The molecule has 0 aromatic heterocycles. The molecule has 0 heterocycles. The van der Waals surface area contributed by atoms with Crippen LogP contribution in [0.4, 0.5) is 0 Å². The molecule has 3 rings (SSSR count). The number of amides is 1. The zero-order valence-electron chi connectivity index (χ0n) is 14.6. The van der Waals surface area contributed by atoms with Crippen molar-refractivity contribution in [3.63, 3.8) is 0 Å². The zero-order chi connectivity index (χ0) is 19.9. The molecule has 5 nitrogen and oxygen atoms in total. The first-order valence-corrected chi connectivity index (χ1v) is 8.95. The fourth-order valence-corrected chi connectivity index (χ4v) is 3.71. The summed E-state index contributed by atoms with van der Waals surface area (Å²) in [5.74, 6) is -0.760. The quantitative estimate of drug-likeness (QED) is 0.796. The summed E-state index contributed by atoms with van der Waals surface area (Å²) in [6, 6.07) is 10.2. The van der Waals surface area contributed by atoms with Crippen molar-refractivity contribution in [3.05, 3.63) is 68.7 Å². The second-order valence-electron chi connectivity index (χ2n) is 6.98. The Balaban J connectivity index is 2.06. The number of rotatable bonds is 2. The van der Waals surface area contributed by atoms with Gasteiger partial charge >= 0.3 is 0 Å². The van der Waals surface area contributed by atoms with Gasteiger partial charge in [-0.05, 0) is 55.8 Å². The van der Waals surface area contributed by atoms with Gasteiger partial charge in [-0.3, -0.25) is 9.59 Å². The lowest BCUT2D eigenvalue weighted by Gasteiger charge is -2.41. The molecule has 27 heavy (non-hydrogen) atoms. The molecule has 1 aliphatic carbocycles. The summed E-state index contributed by atoms with van der Waals surface area (Å²) in [6.07, 6.45) is -1.18. The lowest BCUT2D eigenvalue weighted by Crippen LogP contribution is -2.51. The highest BCUT2D eigenvalue weighted by atomic mass is 35.5. The highest BCUT2D eigenvalue weighted by Crippen LogP contribution is 2.41. The van der Waals surface area contributed by atoms with Gasteiger partial charge < -0.3 is 10.4 Å². The van der Waals surface area contributed by atoms with Gasteiger partial charge in [0.15, 0.2) is 5.78 Å². The number of nitrogens with zero attached hydrogens (tertiary/aromatic N) is 1. The Labute approximate surface area is 166 Å². The number of ketones is 1. The number of aliphatic hydroxyl groups is 1. The summed E-state index contributed by atoms with van der Waals surface area (Å²) >= 11 is 12.0. The molecular formula is C20H16Cl2N2O3. The van der Waals surface area contributed by atoms with Crippen LogP contribution < -0.4 is 5.32 Å². The monoisotopic (exact) mass is 402 g/mol. The molecule has 2 aromatic carbocycles. The first kappa shape index (κ1) is 19.4. The molecule has 0 saturated carbocycles. The number of benzene rings is 2. The number of aliphatic hydroxyl groups excluding tert-OH is 1. The second-order valence-corrected chi connectivity index (χ2v) is 7.83. The Hall–Kier alpha value is -2.39. The van der Waals surface area contributed by atoms with Gasteiger partial charge in [-0.2, -0.15) is 5.26 Å². The summed E-state index contributed by atoms with van der Waals surface area (Å²) in [5, 5.41) is 23.3. The Kier molecular flexibility index (Phi) is 5.00. The maximum absolute atomic E-state index is 12.7. The molecule has 1 amide bonds. The third-order valence-corrected chi connectivity index (χ3v) is 5.41. The largest absolute Gasteiger partial charge is 0.390 e. The Morgan fingerprint density at radius 2 is 1.93 bits per heavy atom. The van der Waals surface area contributed by atoms with E-state index in [4.69, 9.17) is 28.5 Å².